The van der Waals surface area contributed by atoms with Crippen LogP contribution in [0, 0.1) is 5.92 Å². The molecule has 0 radical (unpaired) electrons. The Hall–Kier alpha value is -2.66. The summed E-state index contributed by atoms with van der Waals surface area (Å²) in [6.45, 7) is 1.10. The lowest BCUT2D eigenvalue weighted by Crippen LogP contribution is -2.54. The van der Waals surface area contributed by atoms with Gasteiger partial charge in [0, 0.05) is 37.3 Å². The second-order valence-corrected chi connectivity index (χ2v) is 10.5. The van der Waals surface area contributed by atoms with Crippen molar-refractivity contribution in [1.82, 2.24) is 14.9 Å². The Morgan fingerprint density at radius 3 is 2.26 bits per heavy atom. The number of hydrogen-bond acceptors (Lipinski definition) is 6. The molecule has 0 spiro atoms. The van der Waals surface area contributed by atoms with Crippen molar-refractivity contribution in [3.8, 4) is 5.75 Å². The van der Waals surface area contributed by atoms with Crippen LogP contribution in [-0.4, -0.2) is 71.0 Å². The number of sulfonamides is 1. The van der Waals surface area contributed by atoms with E-state index >= 15 is 0 Å². The molecule has 2 N–H and O–H groups in total. The number of carbonyl (C=O) groups is 2. The standard InChI is InChI=1S/C24H30ClN3O6S/c1-33-16-13-26-24(30)22(27-23(29)18-3-7-20(34-2)8-4-18)17-11-14-28(15-12-17)35(31,32)21-9-5-19(25)6-10-21/h3-10,17,22H,11-16H2,1-2H3,(H,26,30)(H,27,29). The second-order valence-electron chi connectivity index (χ2n) is 8.16. The smallest absolute Gasteiger partial charge is 0.251 e. The van der Waals surface area contributed by atoms with Crippen molar-refractivity contribution in [1.29, 1.82) is 0 Å². The van der Waals surface area contributed by atoms with Crippen LogP contribution in [0.2, 0.25) is 5.02 Å². The van der Waals surface area contributed by atoms with Crippen LogP contribution in [0.4, 0.5) is 0 Å². The minimum atomic E-state index is -3.68. The van der Waals surface area contributed by atoms with Gasteiger partial charge in [-0.2, -0.15) is 4.31 Å². The van der Waals surface area contributed by atoms with Gasteiger partial charge in [0.05, 0.1) is 18.6 Å². The summed E-state index contributed by atoms with van der Waals surface area (Å²) in [7, 11) is -0.610. The molecule has 190 valence electrons. The first-order valence-corrected chi connectivity index (χ1v) is 13.1. The van der Waals surface area contributed by atoms with E-state index in [1.165, 1.54) is 42.8 Å². The predicted octanol–water partition coefficient (Wildman–Crippen LogP) is 2.31. The van der Waals surface area contributed by atoms with Crippen molar-refractivity contribution in [3.05, 3.63) is 59.1 Å². The highest BCUT2D eigenvalue weighted by Crippen LogP contribution is 2.27. The fourth-order valence-electron chi connectivity index (χ4n) is 3.96. The summed E-state index contributed by atoms with van der Waals surface area (Å²) >= 11 is 5.88. The number of nitrogens with one attached hydrogen (secondary N) is 2. The summed E-state index contributed by atoms with van der Waals surface area (Å²) in [5, 5.41) is 6.09. The van der Waals surface area contributed by atoms with Crippen molar-refractivity contribution < 1.29 is 27.5 Å². The van der Waals surface area contributed by atoms with E-state index in [1.54, 1.807) is 24.3 Å². The van der Waals surface area contributed by atoms with E-state index in [0.717, 1.165) is 0 Å². The molecule has 0 aliphatic carbocycles. The number of rotatable bonds is 10. The topological polar surface area (TPSA) is 114 Å². The highest BCUT2D eigenvalue weighted by molar-refractivity contribution is 7.89. The van der Waals surface area contributed by atoms with Gasteiger partial charge in [-0.15, -0.1) is 0 Å². The number of hydrogen-bond donors (Lipinski definition) is 2. The number of halogens is 1. The van der Waals surface area contributed by atoms with E-state index in [2.05, 4.69) is 10.6 Å². The van der Waals surface area contributed by atoms with E-state index in [-0.39, 0.29) is 29.8 Å². The van der Waals surface area contributed by atoms with Gasteiger partial charge < -0.3 is 20.1 Å². The van der Waals surface area contributed by atoms with Crippen LogP contribution in [0.5, 0.6) is 5.75 Å². The maximum Gasteiger partial charge on any atom is 0.251 e. The Labute approximate surface area is 210 Å². The molecule has 11 heteroatoms. The van der Waals surface area contributed by atoms with Gasteiger partial charge >= 0.3 is 0 Å². The van der Waals surface area contributed by atoms with Gasteiger partial charge in [0.25, 0.3) is 5.91 Å². The first-order valence-electron chi connectivity index (χ1n) is 11.2. The molecule has 2 aromatic carbocycles. The normalized spacial score (nSPS) is 15.9. The molecular formula is C24H30ClN3O6S. The molecule has 2 amide bonds. The van der Waals surface area contributed by atoms with E-state index in [1.807, 2.05) is 0 Å². The fraction of sp³-hybridized carbons (Fsp3) is 0.417. The van der Waals surface area contributed by atoms with Crippen molar-refractivity contribution in [2.45, 2.75) is 23.8 Å². The summed E-state index contributed by atoms with van der Waals surface area (Å²) < 4.78 is 37.5. The molecule has 1 unspecified atom stereocenters. The molecule has 2 aromatic rings. The number of piperidine rings is 1. The lowest BCUT2D eigenvalue weighted by Gasteiger charge is -2.35. The average Bonchev–Trinajstić information content (AvgIpc) is 2.87. The van der Waals surface area contributed by atoms with Gasteiger partial charge in [-0.05, 0) is 67.3 Å². The fourth-order valence-corrected chi connectivity index (χ4v) is 5.55. The molecule has 3 rings (SSSR count). The van der Waals surface area contributed by atoms with Crippen molar-refractivity contribution in [3.63, 3.8) is 0 Å². The first-order chi connectivity index (χ1) is 16.8. The Morgan fingerprint density at radius 1 is 1.06 bits per heavy atom. The Bertz CT molecular complexity index is 1100. The molecule has 35 heavy (non-hydrogen) atoms. The summed E-state index contributed by atoms with van der Waals surface area (Å²) in [5.41, 5.74) is 0.392. The number of nitrogens with zero attached hydrogens (tertiary/aromatic N) is 1. The van der Waals surface area contributed by atoms with Crippen LogP contribution in [0.1, 0.15) is 23.2 Å². The van der Waals surface area contributed by atoms with Gasteiger partial charge in [0.2, 0.25) is 15.9 Å². The third-order valence-electron chi connectivity index (χ3n) is 5.95. The lowest BCUT2D eigenvalue weighted by molar-refractivity contribution is -0.124. The molecule has 1 aliphatic rings. The number of ether oxygens (including phenoxy) is 2. The SMILES string of the molecule is COCCNC(=O)C(NC(=O)c1ccc(OC)cc1)C1CCN(S(=O)(=O)c2ccc(Cl)cc2)CC1. The molecule has 0 saturated carbocycles. The number of benzene rings is 2. The minimum absolute atomic E-state index is 0.169. The third kappa shape index (κ3) is 6.94. The van der Waals surface area contributed by atoms with E-state index in [0.29, 0.717) is 42.3 Å². The highest BCUT2D eigenvalue weighted by atomic mass is 35.5. The van der Waals surface area contributed by atoms with Gasteiger partial charge in [0.15, 0.2) is 0 Å². The molecule has 1 atom stereocenters. The predicted molar refractivity (Wildman–Crippen MR) is 132 cm³/mol. The molecule has 0 aromatic heterocycles. The molecule has 9 nitrogen and oxygen atoms in total. The molecule has 0 bridgehead atoms. The van der Waals surface area contributed by atoms with Crippen LogP contribution < -0.4 is 15.4 Å². The largest absolute Gasteiger partial charge is 0.497 e. The van der Waals surface area contributed by atoms with Crippen LogP contribution in [0.25, 0.3) is 0 Å². The third-order valence-corrected chi connectivity index (χ3v) is 8.11. The maximum absolute atomic E-state index is 13.0. The lowest BCUT2D eigenvalue weighted by atomic mass is 9.89. The molecule has 1 saturated heterocycles. The molecular weight excluding hydrogens is 494 g/mol. The van der Waals surface area contributed by atoms with Gasteiger partial charge in [-0.3, -0.25) is 9.59 Å². The molecule has 1 heterocycles. The summed E-state index contributed by atoms with van der Waals surface area (Å²) in [5.74, 6) is -0.347. The zero-order valence-electron chi connectivity index (χ0n) is 19.7. The second kappa shape index (κ2) is 12.3. The Morgan fingerprint density at radius 2 is 1.69 bits per heavy atom. The zero-order valence-corrected chi connectivity index (χ0v) is 21.3. The van der Waals surface area contributed by atoms with E-state index in [4.69, 9.17) is 21.1 Å². The maximum atomic E-state index is 13.0. The van der Waals surface area contributed by atoms with Gasteiger partial charge in [0.1, 0.15) is 11.8 Å². The molecule has 1 aliphatic heterocycles. The average molecular weight is 524 g/mol. The Balaban J connectivity index is 1.71. The minimum Gasteiger partial charge on any atom is -0.497 e. The first kappa shape index (κ1) is 26.9. The quantitative estimate of drug-likeness (QED) is 0.462. The van der Waals surface area contributed by atoms with E-state index in [9.17, 15) is 18.0 Å². The number of methoxy groups -OCH3 is 2. The monoisotopic (exact) mass is 523 g/mol. The number of carbonyl (C=O) groups excluding carboxylic acids is 2. The summed E-state index contributed by atoms with van der Waals surface area (Å²) in [6, 6.07) is 11.8. The summed E-state index contributed by atoms with van der Waals surface area (Å²) in [4.78, 5) is 26.0. The van der Waals surface area contributed by atoms with Crippen LogP contribution >= 0.6 is 11.6 Å². The van der Waals surface area contributed by atoms with Crippen molar-refractivity contribution in [2.75, 3.05) is 40.5 Å². The Kier molecular flexibility index (Phi) is 9.50. The number of amides is 2. The van der Waals surface area contributed by atoms with Crippen LogP contribution in [-0.2, 0) is 19.6 Å². The van der Waals surface area contributed by atoms with Crippen molar-refractivity contribution >= 4 is 33.4 Å². The van der Waals surface area contributed by atoms with Crippen LogP contribution in [0.15, 0.2) is 53.4 Å². The van der Waals surface area contributed by atoms with Gasteiger partial charge in [-0.1, -0.05) is 11.6 Å². The summed E-state index contributed by atoms with van der Waals surface area (Å²) in [6.07, 6.45) is 0.830. The van der Waals surface area contributed by atoms with Gasteiger partial charge in [-0.25, -0.2) is 8.42 Å². The van der Waals surface area contributed by atoms with Crippen molar-refractivity contribution in [2.24, 2.45) is 5.92 Å². The zero-order chi connectivity index (χ0) is 25.4. The van der Waals surface area contributed by atoms with Crippen LogP contribution in [0.3, 0.4) is 0 Å². The van der Waals surface area contributed by atoms with E-state index < -0.39 is 22.0 Å². The molecule has 1 fully saturated rings. The highest BCUT2D eigenvalue weighted by Gasteiger charge is 2.36.